The molecule has 1 atom stereocenters. The predicted octanol–water partition coefficient (Wildman–Crippen LogP) is 1.90. The van der Waals surface area contributed by atoms with Gasteiger partial charge in [0, 0.05) is 6.04 Å². The van der Waals surface area contributed by atoms with E-state index < -0.39 is 0 Å². The quantitative estimate of drug-likeness (QED) is 0.598. The van der Waals surface area contributed by atoms with Gasteiger partial charge in [0.1, 0.15) is 5.72 Å². The summed E-state index contributed by atoms with van der Waals surface area (Å²) in [6.45, 7) is 7.80. The van der Waals surface area contributed by atoms with Crippen LogP contribution in [0.1, 0.15) is 40.0 Å². The molecule has 1 aliphatic carbocycles. The Morgan fingerprint density at radius 2 is 2.00 bits per heavy atom. The van der Waals surface area contributed by atoms with Crippen molar-refractivity contribution < 1.29 is 4.74 Å². The summed E-state index contributed by atoms with van der Waals surface area (Å²) < 4.78 is 5.80. The summed E-state index contributed by atoms with van der Waals surface area (Å²) in [7, 11) is 0. The van der Waals surface area contributed by atoms with Gasteiger partial charge in [-0.25, -0.2) is 0 Å². The van der Waals surface area contributed by atoms with Crippen LogP contribution in [0.15, 0.2) is 0 Å². The van der Waals surface area contributed by atoms with E-state index in [-0.39, 0.29) is 5.72 Å². The molecule has 2 aliphatic rings. The van der Waals surface area contributed by atoms with E-state index in [9.17, 15) is 0 Å². The third kappa shape index (κ3) is 1.38. The summed E-state index contributed by atoms with van der Waals surface area (Å²) in [6, 6.07) is 0.634. The molecule has 1 unspecified atom stereocenters. The third-order valence-electron chi connectivity index (χ3n) is 2.97. The van der Waals surface area contributed by atoms with E-state index in [0.717, 1.165) is 13.0 Å². The van der Waals surface area contributed by atoms with Crippen LogP contribution in [0.3, 0.4) is 0 Å². The predicted molar refractivity (Wildman–Crippen MR) is 48.9 cm³/mol. The Labute approximate surface area is 74.7 Å². The van der Waals surface area contributed by atoms with E-state index in [4.69, 9.17) is 4.74 Å². The standard InChI is InChI=1S/C10H19NO/c1-8-4-5-12-10(11-8)6-9(2,3)7-10/h8,11H,4-7H2,1-3H3. The molecule has 70 valence electrons. The second-order valence-electron chi connectivity index (χ2n) is 5.19. The lowest BCUT2D eigenvalue weighted by Crippen LogP contribution is -2.65. The maximum absolute atomic E-state index is 5.80. The molecular formula is C10H19NO. The second kappa shape index (κ2) is 2.46. The molecule has 0 radical (unpaired) electrons. The average Bonchev–Trinajstić information content (AvgIpc) is 1.81. The Hall–Kier alpha value is -0.0800. The minimum Gasteiger partial charge on any atom is -0.361 e. The van der Waals surface area contributed by atoms with Gasteiger partial charge in [-0.3, -0.25) is 5.32 Å². The molecule has 1 spiro atoms. The second-order valence-corrected chi connectivity index (χ2v) is 5.19. The van der Waals surface area contributed by atoms with E-state index in [0.29, 0.717) is 11.5 Å². The minimum atomic E-state index is 0.0567. The number of nitrogens with one attached hydrogen (secondary N) is 1. The summed E-state index contributed by atoms with van der Waals surface area (Å²) in [5.74, 6) is 0. The van der Waals surface area contributed by atoms with Crippen molar-refractivity contribution in [2.24, 2.45) is 5.41 Å². The van der Waals surface area contributed by atoms with Crippen LogP contribution in [0.5, 0.6) is 0 Å². The van der Waals surface area contributed by atoms with Gasteiger partial charge in [-0.15, -0.1) is 0 Å². The first-order valence-electron chi connectivity index (χ1n) is 4.93. The van der Waals surface area contributed by atoms with Crippen LogP contribution in [0, 0.1) is 5.41 Å². The Balaban J connectivity index is 1.96. The van der Waals surface area contributed by atoms with Gasteiger partial charge < -0.3 is 4.74 Å². The number of hydrogen-bond donors (Lipinski definition) is 1. The minimum absolute atomic E-state index is 0.0567. The van der Waals surface area contributed by atoms with Crippen molar-refractivity contribution >= 4 is 0 Å². The topological polar surface area (TPSA) is 21.3 Å². The van der Waals surface area contributed by atoms with Crippen molar-refractivity contribution in [1.29, 1.82) is 0 Å². The zero-order chi connectivity index (χ0) is 8.82. The van der Waals surface area contributed by atoms with E-state index in [1.165, 1.54) is 12.8 Å². The molecule has 2 rings (SSSR count). The summed E-state index contributed by atoms with van der Waals surface area (Å²) in [4.78, 5) is 0. The monoisotopic (exact) mass is 169 g/mol. The Bertz CT molecular complexity index is 175. The lowest BCUT2D eigenvalue weighted by molar-refractivity contribution is -0.202. The van der Waals surface area contributed by atoms with Gasteiger partial charge in [-0.1, -0.05) is 13.8 Å². The molecule has 0 aromatic rings. The molecule has 1 saturated carbocycles. The van der Waals surface area contributed by atoms with E-state index >= 15 is 0 Å². The van der Waals surface area contributed by atoms with Gasteiger partial charge in [0.2, 0.25) is 0 Å². The Morgan fingerprint density at radius 3 is 2.50 bits per heavy atom. The summed E-state index contributed by atoms with van der Waals surface area (Å²) in [5.41, 5.74) is 0.547. The zero-order valence-electron chi connectivity index (χ0n) is 8.31. The lowest BCUT2D eigenvalue weighted by atomic mass is 9.65. The molecule has 1 saturated heterocycles. The van der Waals surface area contributed by atoms with Crippen molar-refractivity contribution in [3.05, 3.63) is 0 Å². The number of rotatable bonds is 0. The Morgan fingerprint density at radius 1 is 1.33 bits per heavy atom. The highest BCUT2D eigenvalue weighted by molar-refractivity contribution is 5.01. The van der Waals surface area contributed by atoms with Gasteiger partial charge >= 0.3 is 0 Å². The largest absolute Gasteiger partial charge is 0.361 e. The van der Waals surface area contributed by atoms with E-state index in [2.05, 4.69) is 26.1 Å². The maximum atomic E-state index is 5.80. The maximum Gasteiger partial charge on any atom is 0.120 e. The normalized spacial score (nSPS) is 37.8. The molecule has 1 aliphatic heterocycles. The van der Waals surface area contributed by atoms with E-state index in [1.807, 2.05) is 0 Å². The fourth-order valence-electron chi connectivity index (χ4n) is 2.69. The van der Waals surface area contributed by atoms with Crippen LogP contribution in [0.4, 0.5) is 0 Å². The first kappa shape index (κ1) is 8.52. The van der Waals surface area contributed by atoms with Gasteiger partial charge in [-0.2, -0.15) is 0 Å². The van der Waals surface area contributed by atoms with Gasteiger partial charge in [0.15, 0.2) is 0 Å². The van der Waals surface area contributed by atoms with Gasteiger partial charge in [-0.05, 0) is 31.6 Å². The SMILES string of the molecule is CC1CCOC2(CC(C)(C)C2)N1. The fraction of sp³-hybridized carbons (Fsp3) is 1.00. The van der Waals surface area contributed by atoms with Crippen LogP contribution in [-0.2, 0) is 4.74 Å². The molecular weight excluding hydrogens is 150 g/mol. The lowest BCUT2D eigenvalue weighted by Gasteiger charge is -2.56. The number of hydrogen-bond acceptors (Lipinski definition) is 2. The fourth-order valence-corrected chi connectivity index (χ4v) is 2.69. The first-order valence-corrected chi connectivity index (χ1v) is 4.93. The molecule has 2 heteroatoms. The van der Waals surface area contributed by atoms with Crippen LogP contribution < -0.4 is 5.32 Å². The molecule has 2 fully saturated rings. The van der Waals surface area contributed by atoms with Crippen molar-refractivity contribution in [3.63, 3.8) is 0 Å². The highest BCUT2D eigenvalue weighted by Gasteiger charge is 2.51. The molecule has 0 aromatic carbocycles. The van der Waals surface area contributed by atoms with Gasteiger partial charge in [0.25, 0.3) is 0 Å². The average molecular weight is 169 g/mol. The first-order chi connectivity index (χ1) is 5.52. The summed E-state index contributed by atoms with van der Waals surface area (Å²) >= 11 is 0. The molecule has 2 nitrogen and oxygen atoms in total. The summed E-state index contributed by atoms with van der Waals surface area (Å²) in [5, 5.41) is 3.56. The van der Waals surface area contributed by atoms with Crippen LogP contribution in [0.25, 0.3) is 0 Å². The van der Waals surface area contributed by atoms with Crippen molar-refractivity contribution in [1.82, 2.24) is 5.32 Å². The van der Waals surface area contributed by atoms with Crippen LogP contribution >= 0.6 is 0 Å². The molecule has 0 aromatic heterocycles. The number of ether oxygens (including phenoxy) is 1. The van der Waals surface area contributed by atoms with Crippen LogP contribution in [0.2, 0.25) is 0 Å². The van der Waals surface area contributed by atoms with E-state index in [1.54, 1.807) is 0 Å². The van der Waals surface area contributed by atoms with Crippen molar-refractivity contribution in [3.8, 4) is 0 Å². The smallest absolute Gasteiger partial charge is 0.120 e. The van der Waals surface area contributed by atoms with Crippen LogP contribution in [-0.4, -0.2) is 18.4 Å². The molecule has 1 heterocycles. The summed E-state index contributed by atoms with van der Waals surface area (Å²) in [6.07, 6.45) is 3.50. The molecule has 12 heavy (non-hydrogen) atoms. The third-order valence-corrected chi connectivity index (χ3v) is 2.97. The highest BCUT2D eigenvalue weighted by atomic mass is 16.5. The van der Waals surface area contributed by atoms with Crippen molar-refractivity contribution in [2.45, 2.75) is 51.8 Å². The van der Waals surface area contributed by atoms with Crippen molar-refractivity contribution in [2.75, 3.05) is 6.61 Å². The van der Waals surface area contributed by atoms with Gasteiger partial charge in [0.05, 0.1) is 6.61 Å². The molecule has 0 amide bonds. The molecule has 0 bridgehead atoms. The Kier molecular flexibility index (Phi) is 1.74. The molecule has 1 N–H and O–H groups in total. The zero-order valence-corrected chi connectivity index (χ0v) is 8.31. The highest BCUT2D eigenvalue weighted by Crippen LogP contribution is 2.49.